The molecule has 0 aliphatic carbocycles. The number of nitrogens with zero attached hydrogens (tertiary/aromatic N) is 3. The predicted molar refractivity (Wildman–Crippen MR) is 86.3 cm³/mol. The molecule has 0 aliphatic heterocycles. The Kier molecular flexibility index (Phi) is 3.68. The number of fused-ring (bicyclic) bond motifs is 1. The molecule has 0 fully saturated rings. The molecule has 0 saturated carbocycles. The molecule has 0 spiro atoms. The van der Waals surface area contributed by atoms with Crippen molar-refractivity contribution in [2.45, 2.75) is 20.4 Å². The minimum Gasteiger partial charge on any atom is -0.365 e. The zero-order chi connectivity index (χ0) is 14.8. The normalized spacial score (nSPS) is 10.8. The van der Waals surface area contributed by atoms with Crippen molar-refractivity contribution in [3.8, 4) is 0 Å². The van der Waals surface area contributed by atoms with Gasteiger partial charge >= 0.3 is 0 Å². The molecule has 0 aromatic carbocycles. The van der Waals surface area contributed by atoms with Gasteiger partial charge in [0.2, 0.25) is 5.95 Å². The maximum absolute atomic E-state index is 5.44. The lowest BCUT2D eigenvalue weighted by atomic mass is 10.1. The molecule has 0 atom stereocenters. The van der Waals surface area contributed by atoms with Crippen molar-refractivity contribution in [2.24, 2.45) is 5.84 Å². The molecule has 0 saturated heterocycles. The topological polar surface area (TPSA) is 88.8 Å². The van der Waals surface area contributed by atoms with Crippen LogP contribution in [0.4, 0.5) is 11.8 Å². The number of aryl methyl sites for hydroxylation is 2. The van der Waals surface area contributed by atoms with E-state index in [-0.39, 0.29) is 0 Å². The second kappa shape index (κ2) is 5.63. The van der Waals surface area contributed by atoms with Gasteiger partial charge in [-0.05, 0) is 37.1 Å². The highest BCUT2D eigenvalue weighted by molar-refractivity contribution is 7.18. The summed E-state index contributed by atoms with van der Waals surface area (Å²) in [6.45, 7) is 4.78. The van der Waals surface area contributed by atoms with Crippen LogP contribution in [-0.4, -0.2) is 15.0 Å². The summed E-state index contributed by atoms with van der Waals surface area (Å²) in [4.78, 5) is 15.0. The standard InChI is InChI=1S/C14H16N6S/c1-8-3-4-16-6-10(8)7-17-12-11-5-9(2)21-13(11)19-14(18-12)20-15/h3-6H,7,15H2,1-2H3,(H2,17,18,19,20). The van der Waals surface area contributed by atoms with Gasteiger partial charge in [-0.25, -0.2) is 10.8 Å². The van der Waals surface area contributed by atoms with Gasteiger partial charge in [0.15, 0.2) is 0 Å². The van der Waals surface area contributed by atoms with Crippen LogP contribution in [0.25, 0.3) is 10.2 Å². The highest BCUT2D eigenvalue weighted by Crippen LogP contribution is 2.29. The van der Waals surface area contributed by atoms with Crippen molar-refractivity contribution in [1.82, 2.24) is 15.0 Å². The molecule has 0 unspecified atom stereocenters. The van der Waals surface area contributed by atoms with Gasteiger partial charge in [-0.15, -0.1) is 11.3 Å². The molecule has 0 aliphatic rings. The van der Waals surface area contributed by atoms with Gasteiger partial charge in [0, 0.05) is 23.8 Å². The zero-order valence-corrected chi connectivity index (χ0v) is 12.7. The van der Waals surface area contributed by atoms with E-state index < -0.39 is 0 Å². The average Bonchev–Trinajstić information content (AvgIpc) is 2.86. The maximum atomic E-state index is 5.44. The van der Waals surface area contributed by atoms with Crippen molar-refractivity contribution in [3.05, 3.63) is 40.5 Å². The molecule has 0 amide bonds. The van der Waals surface area contributed by atoms with Crippen molar-refractivity contribution in [3.63, 3.8) is 0 Å². The molecule has 108 valence electrons. The Morgan fingerprint density at radius 3 is 2.90 bits per heavy atom. The number of nitrogens with one attached hydrogen (secondary N) is 2. The lowest BCUT2D eigenvalue weighted by Gasteiger charge is -2.09. The fraction of sp³-hybridized carbons (Fsp3) is 0.214. The summed E-state index contributed by atoms with van der Waals surface area (Å²) in [6.07, 6.45) is 3.65. The highest BCUT2D eigenvalue weighted by Gasteiger charge is 2.10. The number of aromatic nitrogens is 3. The van der Waals surface area contributed by atoms with Crippen LogP contribution >= 0.6 is 11.3 Å². The first kappa shape index (κ1) is 13.7. The monoisotopic (exact) mass is 300 g/mol. The summed E-state index contributed by atoms with van der Waals surface area (Å²) < 4.78 is 0. The SMILES string of the molecule is Cc1cc2c(NCc3cnccc3C)nc(NN)nc2s1. The second-order valence-electron chi connectivity index (χ2n) is 4.77. The van der Waals surface area contributed by atoms with Crippen LogP contribution in [0, 0.1) is 13.8 Å². The van der Waals surface area contributed by atoms with Crippen molar-refractivity contribution < 1.29 is 0 Å². The average molecular weight is 300 g/mol. The Morgan fingerprint density at radius 1 is 1.29 bits per heavy atom. The Bertz CT molecular complexity index is 782. The predicted octanol–water partition coefficient (Wildman–Crippen LogP) is 2.60. The summed E-state index contributed by atoms with van der Waals surface area (Å²) >= 11 is 1.62. The highest BCUT2D eigenvalue weighted by atomic mass is 32.1. The molecule has 0 radical (unpaired) electrons. The molecule has 21 heavy (non-hydrogen) atoms. The van der Waals surface area contributed by atoms with Crippen LogP contribution in [0.1, 0.15) is 16.0 Å². The third-order valence-corrected chi connectivity index (χ3v) is 4.18. The van der Waals surface area contributed by atoms with E-state index in [9.17, 15) is 0 Å². The summed E-state index contributed by atoms with van der Waals surface area (Å²) in [6, 6.07) is 4.08. The van der Waals surface area contributed by atoms with Crippen molar-refractivity contribution in [2.75, 3.05) is 10.7 Å². The largest absolute Gasteiger partial charge is 0.365 e. The number of thiophene rings is 1. The van der Waals surface area contributed by atoms with Gasteiger partial charge in [0.05, 0.1) is 5.39 Å². The minimum absolute atomic E-state index is 0.412. The van der Waals surface area contributed by atoms with E-state index in [4.69, 9.17) is 5.84 Å². The van der Waals surface area contributed by atoms with Gasteiger partial charge in [0.25, 0.3) is 0 Å². The molecule has 6 nitrogen and oxygen atoms in total. The van der Waals surface area contributed by atoms with E-state index >= 15 is 0 Å². The summed E-state index contributed by atoms with van der Waals surface area (Å²) in [7, 11) is 0. The smallest absolute Gasteiger partial charge is 0.240 e. The van der Waals surface area contributed by atoms with Crippen LogP contribution in [-0.2, 0) is 6.54 Å². The second-order valence-corrected chi connectivity index (χ2v) is 6.01. The number of nitrogens with two attached hydrogens (primary N) is 1. The van der Waals surface area contributed by atoms with Gasteiger partial charge in [-0.2, -0.15) is 4.98 Å². The van der Waals surface area contributed by atoms with E-state index in [2.05, 4.69) is 45.6 Å². The quantitative estimate of drug-likeness (QED) is 0.507. The van der Waals surface area contributed by atoms with E-state index in [0.717, 1.165) is 21.6 Å². The van der Waals surface area contributed by atoms with Crippen molar-refractivity contribution in [1.29, 1.82) is 0 Å². The fourth-order valence-corrected chi connectivity index (χ4v) is 2.98. The third-order valence-electron chi connectivity index (χ3n) is 3.24. The Labute approximate surface area is 126 Å². The maximum Gasteiger partial charge on any atom is 0.240 e. The third kappa shape index (κ3) is 2.79. The van der Waals surface area contributed by atoms with E-state index in [1.807, 2.05) is 12.3 Å². The first-order valence-electron chi connectivity index (χ1n) is 6.55. The van der Waals surface area contributed by atoms with Crippen LogP contribution in [0.5, 0.6) is 0 Å². The number of hydrogen-bond donors (Lipinski definition) is 3. The fourth-order valence-electron chi connectivity index (χ4n) is 2.10. The number of anilines is 2. The van der Waals surface area contributed by atoms with E-state index in [1.165, 1.54) is 10.4 Å². The van der Waals surface area contributed by atoms with Gasteiger partial charge < -0.3 is 5.32 Å². The van der Waals surface area contributed by atoms with Crippen LogP contribution < -0.4 is 16.6 Å². The Morgan fingerprint density at radius 2 is 2.14 bits per heavy atom. The molecular weight excluding hydrogens is 284 g/mol. The molecule has 4 N–H and O–H groups in total. The molecule has 3 heterocycles. The van der Waals surface area contributed by atoms with Gasteiger partial charge in [-0.1, -0.05) is 0 Å². The lowest BCUT2D eigenvalue weighted by molar-refractivity contribution is 1.06. The van der Waals surface area contributed by atoms with Gasteiger partial charge in [0.1, 0.15) is 10.6 Å². The molecule has 3 aromatic rings. The van der Waals surface area contributed by atoms with Crippen LogP contribution in [0.2, 0.25) is 0 Å². The minimum atomic E-state index is 0.412. The van der Waals surface area contributed by atoms with E-state index in [1.54, 1.807) is 17.5 Å². The first-order chi connectivity index (χ1) is 10.2. The molecule has 3 rings (SSSR count). The zero-order valence-electron chi connectivity index (χ0n) is 11.8. The molecule has 3 aromatic heterocycles. The number of hydrazine groups is 1. The number of nitrogen functional groups attached to an aromatic ring is 1. The Balaban J connectivity index is 1.94. The van der Waals surface area contributed by atoms with E-state index in [0.29, 0.717) is 12.5 Å². The number of pyridine rings is 1. The van der Waals surface area contributed by atoms with Crippen LogP contribution in [0.15, 0.2) is 24.5 Å². The summed E-state index contributed by atoms with van der Waals surface area (Å²) in [5, 5.41) is 4.36. The molecule has 7 heteroatoms. The Hall–Kier alpha value is -2.25. The number of rotatable bonds is 4. The molecule has 0 bridgehead atoms. The van der Waals surface area contributed by atoms with Crippen LogP contribution in [0.3, 0.4) is 0 Å². The molecular formula is C14H16N6S. The summed E-state index contributed by atoms with van der Waals surface area (Å²) in [5.41, 5.74) is 4.84. The summed E-state index contributed by atoms with van der Waals surface area (Å²) in [5.74, 6) is 6.63. The van der Waals surface area contributed by atoms with Crippen molar-refractivity contribution >= 4 is 33.3 Å². The first-order valence-corrected chi connectivity index (χ1v) is 7.37. The number of hydrogen-bond acceptors (Lipinski definition) is 7. The van der Waals surface area contributed by atoms with Gasteiger partial charge in [-0.3, -0.25) is 10.4 Å². The lowest BCUT2D eigenvalue weighted by Crippen LogP contribution is -2.12.